The van der Waals surface area contributed by atoms with Gasteiger partial charge in [-0.1, -0.05) is 18.2 Å². The maximum absolute atomic E-state index is 8.73. The lowest BCUT2D eigenvalue weighted by Gasteiger charge is -2.00. The molecule has 0 N–H and O–H groups in total. The zero-order valence-corrected chi connectivity index (χ0v) is 8.28. The van der Waals surface area contributed by atoms with Crippen LogP contribution in [0.5, 0.6) is 0 Å². The molecule has 1 rings (SSSR count). The van der Waals surface area contributed by atoms with Crippen LogP contribution in [0.4, 0.5) is 5.69 Å². The SMILES string of the molecule is N#CC(C#N)C(C#N)/N=N/c1ccccc1. The Bertz CT molecular complexity index is 472. The Morgan fingerprint density at radius 2 is 1.56 bits per heavy atom. The van der Waals surface area contributed by atoms with Crippen molar-refractivity contribution in [1.29, 1.82) is 15.8 Å². The molecule has 16 heavy (non-hydrogen) atoms. The summed E-state index contributed by atoms with van der Waals surface area (Å²) >= 11 is 0. The molecule has 0 heterocycles. The third-order valence-electron chi connectivity index (χ3n) is 1.78. The predicted octanol–water partition coefficient (Wildman–Crippen LogP) is 2.33. The maximum atomic E-state index is 8.73. The fraction of sp³-hybridized carbons (Fsp3) is 0.182. The standard InChI is InChI=1S/C11H7N5/c12-6-9(7-13)11(8-14)16-15-10-4-2-1-3-5-10/h1-5,9,11H/b16-15+. The third kappa shape index (κ3) is 2.90. The second-order valence-corrected chi connectivity index (χ2v) is 2.86. The summed E-state index contributed by atoms with van der Waals surface area (Å²) in [6.07, 6.45) is 0. The minimum atomic E-state index is -1.09. The van der Waals surface area contributed by atoms with Crippen molar-refractivity contribution in [2.75, 3.05) is 0 Å². The van der Waals surface area contributed by atoms with Gasteiger partial charge in [-0.3, -0.25) is 0 Å². The van der Waals surface area contributed by atoms with Gasteiger partial charge in [-0.25, -0.2) is 0 Å². The number of azo groups is 1. The quantitative estimate of drug-likeness (QED) is 0.714. The van der Waals surface area contributed by atoms with E-state index in [1.54, 1.807) is 42.5 Å². The Kier molecular flexibility index (Phi) is 4.19. The lowest BCUT2D eigenvalue weighted by Crippen LogP contribution is -2.12. The summed E-state index contributed by atoms with van der Waals surface area (Å²) in [7, 11) is 0. The second kappa shape index (κ2) is 5.90. The zero-order valence-electron chi connectivity index (χ0n) is 8.28. The number of hydrogen-bond acceptors (Lipinski definition) is 5. The highest BCUT2D eigenvalue weighted by Crippen LogP contribution is 2.13. The fourth-order valence-corrected chi connectivity index (χ4v) is 0.961. The zero-order chi connectivity index (χ0) is 11.8. The average Bonchev–Trinajstić information content (AvgIpc) is 2.35. The third-order valence-corrected chi connectivity index (χ3v) is 1.78. The molecule has 0 spiro atoms. The molecule has 5 heteroatoms. The van der Waals surface area contributed by atoms with Crippen LogP contribution in [0, 0.1) is 39.9 Å². The molecular formula is C11H7N5. The van der Waals surface area contributed by atoms with Gasteiger partial charge in [0.1, 0.15) is 0 Å². The van der Waals surface area contributed by atoms with E-state index in [1.807, 2.05) is 6.07 Å². The van der Waals surface area contributed by atoms with Crippen LogP contribution >= 0.6 is 0 Å². The fourth-order valence-electron chi connectivity index (χ4n) is 0.961. The normalized spacial score (nSPS) is 11.6. The Labute approximate surface area is 92.9 Å². The average molecular weight is 209 g/mol. The number of nitrogens with zero attached hydrogens (tertiary/aromatic N) is 5. The first-order valence-corrected chi connectivity index (χ1v) is 4.46. The molecular weight excluding hydrogens is 202 g/mol. The molecule has 1 unspecified atom stereocenters. The van der Waals surface area contributed by atoms with E-state index in [1.165, 1.54) is 0 Å². The van der Waals surface area contributed by atoms with E-state index >= 15 is 0 Å². The Balaban J connectivity index is 2.81. The Morgan fingerprint density at radius 1 is 0.938 bits per heavy atom. The summed E-state index contributed by atoms with van der Waals surface area (Å²) in [6, 6.07) is 12.9. The maximum Gasteiger partial charge on any atom is 0.186 e. The van der Waals surface area contributed by atoms with Gasteiger partial charge in [0.05, 0.1) is 23.9 Å². The van der Waals surface area contributed by atoms with Crippen molar-refractivity contribution in [2.45, 2.75) is 6.04 Å². The topological polar surface area (TPSA) is 96.1 Å². The van der Waals surface area contributed by atoms with Gasteiger partial charge in [0, 0.05) is 0 Å². The van der Waals surface area contributed by atoms with Gasteiger partial charge in [-0.15, -0.1) is 0 Å². The first-order valence-electron chi connectivity index (χ1n) is 4.46. The van der Waals surface area contributed by atoms with Crippen LogP contribution in [-0.4, -0.2) is 6.04 Å². The molecule has 1 aromatic rings. The monoisotopic (exact) mass is 209 g/mol. The number of benzene rings is 1. The van der Waals surface area contributed by atoms with E-state index in [-0.39, 0.29) is 0 Å². The number of hydrogen-bond donors (Lipinski definition) is 0. The summed E-state index contributed by atoms with van der Waals surface area (Å²) in [4.78, 5) is 0. The molecule has 0 fully saturated rings. The van der Waals surface area contributed by atoms with Crippen LogP contribution in [0.15, 0.2) is 40.6 Å². The largest absolute Gasteiger partial charge is 0.197 e. The van der Waals surface area contributed by atoms with E-state index in [0.29, 0.717) is 5.69 Å². The van der Waals surface area contributed by atoms with E-state index in [2.05, 4.69) is 10.2 Å². The van der Waals surface area contributed by atoms with Gasteiger partial charge in [0.15, 0.2) is 12.0 Å². The van der Waals surface area contributed by atoms with E-state index in [9.17, 15) is 0 Å². The molecule has 0 aliphatic heterocycles. The van der Waals surface area contributed by atoms with Crippen LogP contribution in [0.2, 0.25) is 0 Å². The Morgan fingerprint density at radius 3 is 2.06 bits per heavy atom. The number of nitriles is 3. The molecule has 0 amide bonds. The summed E-state index contributed by atoms with van der Waals surface area (Å²) in [6.45, 7) is 0. The van der Waals surface area contributed by atoms with Crippen LogP contribution in [0.3, 0.4) is 0 Å². The molecule has 76 valence electrons. The van der Waals surface area contributed by atoms with E-state index in [0.717, 1.165) is 0 Å². The van der Waals surface area contributed by atoms with Crippen molar-refractivity contribution in [3.8, 4) is 18.2 Å². The highest BCUT2D eigenvalue weighted by molar-refractivity contribution is 5.34. The lowest BCUT2D eigenvalue weighted by molar-refractivity contribution is 0.695. The van der Waals surface area contributed by atoms with E-state index < -0.39 is 12.0 Å². The van der Waals surface area contributed by atoms with Crippen LogP contribution in [0.1, 0.15) is 0 Å². The lowest BCUT2D eigenvalue weighted by atomic mass is 10.1. The van der Waals surface area contributed by atoms with Gasteiger partial charge in [-0.2, -0.15) is 26.0 Å². The molecule has 1 aromatic carbocycles. The molecule has 0 aromatic heterocycles. The molecule has 0 radical (unpaired) electrons. The van der Waals surface area contributed by atoms with Crippen molar-refractivity contribution in [3.63, 3.8) is 0 Å². The van der Waals surface area contributed by atoms with Gasteiger partial charge >= 0.3 is 0 Å². The summed E-state index contributed by atoms with van der Waals surface area (Å²) in [5.41, 5.74) is 0.581. The minimum absolute atomic E-state index is 0.581. The number of rotatable bonds is 3. The van der Waals surface area contributed by atoms with Crippen molar-refractivity contribution >= 4 is 5.69 Å². The van der Waals surface area contributed by atoms with Crippen molar-refractivity contribution in [1.82, 2.24) is 0 Å². The summed E-state index contributed by atoms with van der Waals surface area (Å²) < 4.78 is 0. The van der Waals surface area contributed by atoms with Crippen molar-refractivity contribution < 1.29 is 0 Å². The summed E-state index contributed by atoms with van der Waals surface area (Å²) in [5, 5.41) is 33.4. The van der Waals surface area contributed by atoms with Gasteiger partial charge in [0.2, 0.25) is 0 Å². The first kappa shape index (κ1) is 11.4. The molecule has 0 bridgehead atoms. The molecule has 0 aliphatic carbocycles. The molecule has 1 atom stereocenters. The first-order chi connectivity index (χ1) is 7.81. The molecule has 0 saturated carbocycles. The van der Waals surface area contributed by atoms with Crippen LogP contribution < -0.4 is 0 Å². The second-order valence-electron chi connectivity index (χ2n) is 2.86. The van der Waals surface area contributed by atoms with Gasteiger partial charge in [0.25, 0.3) is 0 Å². The predicted molar refractivity (Wildman–Crippen MR) is 55.1 cm³/mol. The van der Waals surface area contributed by atoms with Gasteiger partial charge in [-0.05, 0) is 12.1 Å². The van der Waals surface area contributed by atoms with E-state index in [4.69, 9.17) is 15.8 Å². The highest BCUT2D eigenvalue weighted by Gasteiger charge is 2.19. The van der Waals surface area contributed by atoms with Crippen molar-refractivity contribution in [3.05, 3.63) is 30.3 Å². The molecule has 5 nitrogen and oxygen atoms in total. The van der Waals surface area contributed by atoms with Crippen molar-refractivity contribution in [2.24, 2.45) is 16.1 Å². The highest BCUT2D eigenvalue weighted by atomic mass is 15.1. The van der Waals surface area contributed by atoms with Crippen LogP contribution in [-0.2, 0) is 0 Å². The molecule has 0 saturated heterocycles. The Hall–Kier alpha value is -2.71. The van der Waals surface area contributed by atoms with Crippen LogP contribution in [0.25, 0.3) is 0 Å². The van der Waals surface area contributed by atoms with Gasteiger partial charge < -0.3 is 0 Å². The minimum Gasteiger partial charge on any atom is -0.197 e. The molecule has 0 aliphatic rings. The summed E-state index contributed by atoms with van der Waals surface area (Å²) in [5.74, 6) is -1.09. The smallest absolute Gasteiger partial charge is 0.186 e.